The van der Waals surface area contributed by atoms with Crippen molar-refractivity contribution in [1.29, 1.82) is 0 Å². The lowest BCUT2D eigenvalue weighted by Gasteiger charge is -2.10. The van der Waals surface area contributed by atoms with Crippen LogP contribution >= 0.6 is 0 Å². The molecule has 1 aliphatic rings. The second-order valence-electron chi connectivity index (χ2n) is 2.86. The zero-order valence-electron chi connectivity index (χ0n) is 9.47. The number of carbonyl (C=O) groups is 3. The molecule has 1 aromatic rings. The van der Waals surface area contributed by atoms with Crippen LogP contribution in [0, 0.1) is 0 Å². The van der Waals surface area contributed by atoms with Crippen LogP contribution in [0.2, 0.25) is 0 Å². The molecule has 76 valence electrons. The second-order valence-corrected chi connectivity index (χ2v) is 2.86. The minimum atomic E-state index is -1.90. The van der Waals surface area contributed by atoms with Crippen LogP contribution in [0.1, 0.15) is 30.3 Å². The minimum absolute atomic E-state index is 0.136. The van der Waals surface area contributed by atoms with E-state index in [1.807, 2.05) is 0 Å². The second kappa shape index (κ2) is 3.20. The first-order chi connectivity index (χ1) is 8.02. The number of rotatable bonds is 1. The molecule has 0 saturated heterocycles. The van der Waals surface area contributed by atoms with E-state index in [1.54, 1.807) is 12.1 Å². The van der Waals surface area contributed by atoms with Crippen LogP contribution in [0.3, 0.4) is 0 Å². The molecular weight excluding hydrogens is 198 g/mol. The maximum atomic E-state index is 11.7. The molecule has 0 saturated carbocycles. The molecule has 0 bridgehead atoms. The molecule has 0 aromatic heterocycles. The van der Waals surface area contributed by atoms with Crippen LogP contribution in [-0.2, 0) is 9.63 Å². The summed E-state index contributed by atoms with van der Waals surface area (Å²) in [4.78, 5) is 38.7. The van der Waals surface area contributed by atoms with Crippen LogP contribution in [0.25, 0.3) is 0 Å². The van der Waals surface area contributed by atoms with Crippen LogP contribution in [0.15, 0.2) is 24.3 Å². The number of benzene rings is 1. The highest BCUT2D eigenvalue weighted by Gasteiger charge is 2.37. The summed E-state index contributed by atoms with van der Waals surface area (Å²) in [6.45, 7) is -1.90. The largest absolute Gasteiger partial charge is 0.330 e. The van der Waals surface area contributed by atoms with Crippen LogP contribution in [-0.4, -0.2) is 22.8 Å². The van der Waals surface area contributed by atoms with Crippen molar-refractivity contribution in [2.45, 2.75) is 6.88 Å². The Morgan fingerprint density at radius 3 is 2.27 bits per heavy atom. The Balaban J connectivity index is 2.28. The summed E-state index contributed by atoms with van der Waals surface area (Å²) in [5.74, 6) is -2.81. The summed E-state index contributed by atoms with van der Waals surface area (Å²) in [7, 11) is 0. The van der Waals surface area contributed by atoms with E-state index < -0.39 is 24.7 Å². The molecule has 1 aliphatic heterocycles. The Kier molecular flexibility index (Phi) is 1.53. The van der Waals surface area contributed by atoms with E-state index in [2.05, 4.69) is 4.84 Å². The predicted octanol–water partition coefficient (Wildman–Crippen LogP) is 0.761. The summed E-state index contributed by atoms with van der Waals surface area (Å²) in [6, 6.07) is 6.02. The highest BCUT2D eigenvalue weighted by atomic mass is 16.7. The smallest absolute Gasteiger partial charge is 0.330 e. The average Bonchev–Trinajstić information content (AvgIpc) is 2.55. The van der Waals surface area contributed by atoms with Gasteiger partial charge in [0.25, 0.3) is 11.8 Å². The van der Waals surface area contributed by atoms with Gasteiger partial charge in [-0.1, -0.05) is 17.2 Å². The van der Waals surface area contributed by atoms with Gasteiger partial charge in [-0.25, -0.2) is 4.79 Å². The van der Waals surface area contributed by atoms with Gasteiger partial charge in [0.1, 0.15) is 0 Å². The van der Waals surface area contributed by atoms with Crippen LogP contribution in [0.5, 0.6) is 0 Å². The van der Waals surface area contributed by atoms with E-state index in [0.29, 0.717) is 0 Å². The molecule has 15 heavy (non-hydrogen) atoms. The van der Waals surface area contributed by atoms with Crippen molar-refractivity contribution in [2.24, 2.45) is 0 Å². The fraction of sp³-hybridized carbons (Fsp3) is 0.100. The Hall–Kier alpha value is -2.17. The quantitative estimate of drug-likeness (QED) is 0.638. The van der Waals surface area contributed by atoms with E-state index in [0.717, 1.165) is 0 Å². The molecular formula is C10H7NO4. The fourth-order valence-electron chi connectivity index (χ4n) is 1.34. The number of hydrogen-bond acceptors (Lipinski definition) is 4. The zero-order chi connectivity index (χ0) is 12.6. The van der Waals surface area contributed by atoms with E-state index in [1.165, 1.54) is 12.1 Å². The molecule has 0 N–H and O–H groups in total. The van der Waals surface area contributed by atoms with Crippen molar-refractivity contribution >= 4 is 17.8 Å². The van der Waals surface area contributed by atoms with Gasteiger partial charge in [0, 0.05) is 9.62 Å². The number of nitrogens with zero attached hydrogens (tertiary/aromatic N) is 1. The summed E-state index contributed by atoms with van der Waals surface area (Å²) in [6.07, 6.45) is 0. The van der Waals surface area contributed by atoms with Gasteiger partial charge in [-0.2, -0.15) is 0 Å². The molecule has 2 rings (SSSR count). The monoisotopic (exact) mass is 207 g/mol. The number of fused-ring (bicyclic) bond motifs is 1. The first-order valence-corrected chi connectivity index (χ1v) is 4.06. The summed E-state index contributed by atoms with van der Waals surface area (Å²) in [5, 5.41) is 0.281. The van der Waals surface area contributed by atoms with E-state index >= 15 is 0 Å². The van der Waals surface area contributed by atoms with E-state index in [-0.39, 0.29) is 16.2 Å². The SMILES string of the molecule is [2H]C([2H])C(=O)ON1C(=O)c2ccccc2C1=O. The van der Waals surface area contributed by atoms with Gasteiger partial charge < -0.3 is 4.84 Å². The zero-order valence-corrected chi connectivity index (χ0v) is 7.47. The molecule has 5 heteroatoms. The van der Waals surface area contributed by atoms with Gasteiger partial charge in [0.05, 0.1) is 11.1 Å². The van der Waals surface area contributed by atoms with Gasteiger partial charge in [0.15, 0.2) is 0 Å². The molecule has 2 amide bonds. The summed E-state index contributed by atoms with van der Waals surface area (Å²) < 4.78 is 13.6. The number of imide groups is 1. The number of carbonyl (C=O) groups excluding carboxylic acids is 3. The maximum absolute atomic E-state index is 11.7. The molecule has 5 nitrogen and oxygen atoms in total. The van der Waals surface area contributed by atoms with Crippen molar-refractivity contribution < 1.29 is 22.0 Å². The third kappa shape index (κ3) is 1.38. The van der Waals surface area contributed by atoms with E-state index in [4.69, 9.17) is 2.74 Å². The minimum Gasteiger partial charge on any atom is -0.330 e. The highest BCUT2D eigenvalue weighted by molar-refractivity contribution is 6.20. The molecule has 0 fully saturated rings. The first kappa shape index (κ1) is 7.17. The molecule has 1 aromatic carbocycles. The molecule has 0 spiro atoms. The Labute approximate surface area is 88.0 Å². The Morgan fingerprint density at radius 2 is 1.80 bits per heavy atom. The fourth-order valence-corrected chi connectivity index (χ4v) is 1.34. The first-order valence-electron chi connectivity index (χ1n) is 5.22. The van der Waals surface area contributed by atoms with Gasteiger partial charge >= 0.3 is 5.97 Å². The van der Waals surface area contributed by atoms with Gasteiger partial charge in [-0.05, 0) is 12.1 Å². The van der Waals surface area contributed by atoms with Gasteiger partial charge in [-0.3, -0.25) is 9.59 Å². The predicted molar refractivity (Wildman–Crippen MR) is 48.7 cm³/mol. The Bertz CT molecular complexity index is 480. The van der Waals surface area contributed by atoms with Crippen molar-refractivity contribution in [1.82, 2.24) is 5.06 Å². The molecule has 0 radical (unpaired) electrons. The normalized spacial score (nSPS) is 16.2. The molecule has 0 aliphatic carbocycles. The molecule has 1 heterocycles. The lowest BCUT2D eigenvalue weighted by atomic mass is 10.1. The third-order valence-electron chi connectivity index (χ3n) is 1.94. The standard InChI is InChI=1S/C10H7NO4/c1-6(12)15-11-9(13)7-4-2-3-5-8(7)10(11)14/h2-5H,1H3/i1D2. The van der Waals surface area contributed by atoms with Crippen LogP contribution in [0.4, 0.5) is 0 Å². The van der Waals surface area contributed by atoms with Crippen molar-refractivity contribution in [3.63, 3.8) is 0 Å². The summed E-state index contributed by atoms with van der Waals surface area (Å²) in [5.41, 5.74) is 0.272. The van der Waals surface area contributed by atoms with Crippen molar-refractivity contribution in [3.05, 3.63) is 35.4 Å². The van der Waals surface area contributed by atoms with Gasteiger partial charge in [0.2, 0.25) is 0 Å². The van der Waals surface area contributed by atoms with E-state index in [9.17, 15) is 14.4 Å². The maximum Gasteiger partial charge on any atom is 0.330 e. The number of hydroxylamine groups is 2. The third-order valence-corrected chi connectivity index (χ3v) is 1.94. The number of amides is 2. The topological polar surface area (TPSA) is 63.7 Å². The van der Waals surface area contributed by atoms with Crippen molar-refractivity contribution in [3.8, 4) is 0 Å². The lowest BCUT2D eigenvalue weighted by molar-refractivity contribution is -0.165. The van der Waals surface area contributed by atoms with Crippen LogP contribution < -0.4 is 0 Å². The summed E-state index contributed by atoms with van der Waals surface area (Å²) >= 11 is 0. The Morgan fingerprint density at radius 1 is 1.27 bits per heavy atom. The molecule has 0 atom stereocenters. The van der Waals surface area contributed by atoms with Gasteiger partial charge in [-0.15, -0.1) is 0 Å². The molecule has 0 unspecified atom stereocenters. The van der Waals surface area contributed by atoms with Crippen molar-refractivity contribution in [2.75, 3.05) is 0 Å². The lowest BCUT2D eigenvalue weighted by Crippen LogP contribution is -2.31. The average molecular weight is 207 g/mol. The highest BCUT2D eigenvalue weighted by Crippen LogP contribution is 2.22. The number of hydrogen-bond donors (Lipinski definition) is 0.